The Hall–Kier alpha value is -1.20. The van der Waals surface area contributed by atoms with Crippen molar-refractivity contribution in [1.82, 2.24) is 4.98 Å². The van der Waals surface area contributed by atoms with Crippen molar-refractivity contribution in [2.24, 2.45) is 0 Å². The van der Waals surface area contributed by atoms with Gasteiger partial charge in [-0.15, -0.1) is 0 Å². The van der Waals surface area contributed by atoms with Crippen molar-refractivity contribution < 1.29 is 4.74 Å². The molecule has 2 rings (SSSR count). The molecule has 0 saturated heterocycles. The van der Waals surface area contributed by atoms with E-state index in [2.05, 4.69) is 20.9 Å². The minimum atomic E-state index is 0.0581. The van der Waals surface area contributed by atoms with E-state index < -0.39 is 0 Å². The second-order valence-corrected chi connectivity index (χ2v) is 6.28. The van der Waals surface area contributed by atoms with E-state index in [1.165, 1.54) is 0 Å². The maximum atomic E-state index is 5.85. The van der Waals surface area contributed by atoms with Gasteiger partial charge in [0.05, 0.1) is 11.8 Å². The van der Waals surface area contributed by atoms with E-state index >= 15 is 0 Å². The average molecular weight is 339 g/mol. The van der Waals surface area contributed by atoms with Crippen molar-refractivity contribution in [2.45, 2.75) is 29.9 Å². The van der Waals surface area contributed by atoms with Crippen molar-refractivity contribution in [2.75, 3.05) is 5.73 Å². The Morgan fingerprint density at radius 1 is 1.16 bits per heavy atom. The molecule has 0 fully saturated rings. The van der Waals surface area contributed by atoms with Crippen LogP contribution in [0.15, 0.2) is 50.8 Å². The Morgan fingerprint density at radius 3 is 2.47 bits per heavy atom. The number of nitrogens with two attached hydrogens (primary N) is 1. The quantitative estimate of drug-likeness (QED) is 0.899. The van der Waals surface area contributed by atoms with Crippen LogP contribution in [0.25, 0.3) is 0 Å². The Morgan fingerprint density at radius 2 is 1.84 bits per heavy atom. The van der Waals surface area contributed by atoms with Crippen molar-refractivity contribution in [3.8, 4) is 5.88 Å². The summed E-state index contributed by atoms with van der Waals surface area (Å²) in [6.07, 6.45) is 0.0581. The van der Waals surface area contributed by atoms with Crippen LogP contribution in [0.3, 0.4) is 0 Å². The topological polar surface area (TPSA) is 48.1 Å². The number of nitrogen functional groups attached to an aromatic ring is 1. The lowest BCUT2D eigenvalue weighted by Crippen LogP contribution is -2.09. The molecule has 0 radical (unpaired) electrons. The summed E-state index contributed by atoms with van der Waals surface area (Å²) in [6.45, 7) is 3.91. The van der Waals surface area contributed by atoms with Crippen molar-refractivity contribution in [1.29, 1.82) is 0 Å². The Bertz CT molecular complexity index is 558. The lowest BCUT2D eigenvalue weighted by Gasteiger charge is -2.12. The number of nitrogens with zero attached hydrogens (tertiary/aromatic N) is 1. The van der Waals surface area contributed by atoms with E-state index in [0.29, 0.717) is 11.6 Å². The number of halogens is 1. The molecule has 19 heavy (non-hydrogen) atoms. The molecule has 0 aliphatic carbocycles. The first-order chi connectivity index (χ1) is 9.04. The molecule has 0 atom stereocenters. The van der Waals surface area contributed by atoms with Gasteiger partial charge in [0.2, 0.25) is 5.88 Å². The van der Waals surface area contributed by atoms with E-state index in [1.807, 2.05) is 50.2 Å². The number of ether oxygens (including phenoxy) is 1. The molecule has 1 heterocycles. The van der Waals surface area contributed by atoms with Crippen LogP contribution in [0.5, 0.6) is 5.88 Å². The summed E-state index contributed by atoms with van der Waals surface area (Å²) in [6, 6.07) is 11.8. The predicted octanol–water partition coefficient (Wildman–Crippen LogP) is 4.36. The number of benzene rings is 1. The van der Waals surface area contributed by atoms with Gasteiger partial charge >= 0.3 is 0 Å². The van der Waals surface area contributed by atoms with Gasteiger partial charge in [-0.05, 0) is 50.2 Å². The van der Waals surface area contributed by atoms with Crippen LogP contribution in [-0.2, 0) is 0 Å². The molecule has 100 valence electrons. The second-order valence-electron chi connectivity index (χ2n) is 4.27. The fraction of sp³-hybridized carbons (Fsp3) is 0.214. The third kappa shape index (κ3) is 4.14. The molecular formula is C14H15BrN2OS. The minimum absolute atomic E-state index is 0.0581. The van der Waals surface area contributed by atoms with Crippen molar-refractivity contribution >= 4 is 33.4 Å². The van der Waals surface area contributed by atoms with Crippen LogP contribution in [0, 0.1) is 0 Å². The summed E-state index contributed by atoms with van der Waals surface area (Å²) < 4.78 is 6.65. The highest BCUT2D eigenvalue weighted by Gasteiger charge is 2.07. The molecule has 2 aromatic rings. The summed E-state index contributed by atoms with van der Waals surface area (Å²) in [4.78, 5) is 5.56. The zero-order valence-corrected chi connectivity index (χ0v) is 13.2. The lowest BCUT2D eigenvalue weighted by atomic mass is 10.4. The molecule has 0 aliphatic rings. The molecule has 0 bridgehead atoms. The number of rotatable bonds is 4. The number of pyridine rings is 1. The Balaban J connectivity index is 2.18. The summed E-state index contributed by atoms with van der Waals surface area (Å²) in [5, 5.41) is 0.868. The van der Waals surface area contributed by atoms with Crippen LogP contribution in [-0.4, -0.2) is 11.1 Å². The first-order valence-corrected chi connectivity index (χ1v) is 7.52. The largest absolute Gasteiger partial charge is 0.473 e. The number of anilines is 1. The van der Waals surface area contributed by atoms with Crippen LogP contribution in [0.4, 0.5) is 5.69 Å². The molecule has 1 aromatic carbocycles. The van der Waals surface area contributed by atoms with Crippen LogP contribution >= 0.6 is 27.7 Å². The monoisotopic (exact) mass is 338 g/mol. The van der Waals surface area contributed by atoms with Gasteiger partial charge in [-0.2, -0.15) is 0 Å². The van der Waals surface area contributed by atoms with Crippen LogP contribution in [0.2, 0.25) is 0 Å². The van der Waals surface area contributed by atoms with E-state index in [-0.39, 0.29) is 6.10 Å². The second kappa shape index (κ2) is 6.30. The average Bonchev–Trinajstić information content (AvgIpc) is 2.36. The lowest BCUT2D eigenvalue weighted by molar-refractivity contribution is 0.232. The van der Waals surface area contributed by atoms with Gasteiger partial charge in [0.1, 0.15) is 5.03 Å². The fourth-order valence-electron chi connectivity index (χ4n) is 1.43. The van der Waals surface area contributed by atoms with Crippen LogP contribution < -0.4 is 10.5 Å². The molecule has 2 N–H and O–H groups in total. The van der Waals surface area contributed by atoms with E-state index in [1.54, 1.807) is 11.8 Å². The van der Waals surface area contributed by atoms with E-state index in [4.69, 9.17) is 10.5 Å². The number of aromatic nitrogens is 1. The molecule has 0 unspecified atom stereocenters. The fourth-order valence-corrected chi connectivity index (χ4v) is 2.47. The molecule has 0 amide bonds. The molecule has 0 aliphatic heterocycles. The smallest absolute Gasteiger partial charge is 0.238 e. The molecule has 5 heteroatoms. The molecule has 0 saturated carbocycles. The standard InChI is InChI=1S/C14H15BrN2OS/c1-9(2)18-14-12(16)7-8-13(17-14)19-11-5-3-10(15)4-6-11/h3-9H,16H2,1-2H3. The maximum absolute atomic E-state index is 5.85. The van der Waals surface area contributed by atoms with Gasteiger partial charge in [-0.3, -0.25) is 0 Å². The highest BCUT2D eigenvalue weighted by atomic mass is 79.9. The first-order valence-electron chi connectivity index (χ1n) is 5.91. The molecular weight excluding hydrogens is 324 g/mol. The zero-order chi connectivity index (χ0) is 13.8. The van der Waals surface area contributed by atoms with Gasteiger partial charge in [-0.25, -0.2) is 4.98 Å². The maximum Gasteiger partial charge on any atom is 0.238 e. The van der Waals surface area contributed by atoms with Gasteiger partial charge < -0.3 is 10.5 Å². The summed E-state index contributed by atoms with van der Waals surface area (Å²) >= 11 is 5.00. The van der Waals surface area contributed by atoms with E-state index in [9.17, 15) is 0 Å². The third-order valence-corrected chi connectivity index (χ3v) is 3.72. The third-order valence-electron chi connectivity index (χ3n) is 2.25. The van der Waals surface area contributed by atoms with Gasteiger partial charge in [0, 0.05) is 9.37 Å². The molecule has 1 aromatic heterocycles. The normalized spacial score (nSPS) is 10.7. The summed E-state index contributed by atoms with van der Waals surface area (Å²) in [5.74, 6) is 0.497. The van der Waals surface area contributed by atoms with Gasteiger partial charge in [-0.1, -0.05) is 27.7 Å². The van der Waals surface area contributed by atoms with E-state index in [0.717, 1.165) is 14.4 Å². The molecule has 0 spiro atoms. The highest BCUT2D eigenvalue weighted by Crippen LogP contribution is 2.30. The van der Waals surface area contributed by atoms with Crippen molar-refractivity contribution in [3.05, 3.63) is 40.9 Å². The molecule has 3 nitrogen and oxygen atoms in total. The Labute approximate surface area is 125 Å². The summed E-state index contributed by atoms with van der Waals surface area (Å²) in [5.41, 5.74) is 6.41. The van der Waals surface area contributed by atoms with Gasteiger partial charge in [0.25, 0.3) is 0 Å². The number of hydrogen-bond acceptors (Lipinski definition) is 4. The minimum Gasteiger partial charge on any atom is -0.473 e. The highest BCUT2D eigenvalue weighted by molar-refractivity contribution is 9.10. The zero-order valence-electron chi connectivity index (χ0n) is 10.8. The SMILES string of the molecule is CC(C)Oc1nc(Sc2ccc(Br)cc2)ccc1N. The summed E-state index contributed by atoms with van der Waals surface area (Å²) in [7, 11) is 0. The predicted molar refractivity (Wildman–Crippen MR) is 82.7 cm³/mol. The first kappa shape index (κ1) is 14.2. The van der Waals surface area contributed by atoms with Crippen molar-refractivity contribution in [3.63, 3.8) is 0 Å². The number of hydrogen-bond donors (Lipinski definition) is 1. The van der Waals surface area contributed by atoms with Gasteiger partial charge in [0.15, 0.2) is 0 Å². The van der Waals surface area contributed by atoms with Crippen LogP contribution in [0.1, 0.15) is 13.8 Å². The Kier molecular flexibility index (Phi) is 4.71.